The molecule has 0 aliphatic carbocycles. The summed E-state index contributed by atoms with van der Waals surface area (Å²) in [7, 11) is 0. The smallest absolute Gasteiger partial charge is 0.258 e. The zero-order chi connectivity index (χ0) is 22.9. The number of aromatic nitrogens is 2. The summed E-state index contributed by atoms with van der Waals surface area (Å²) in [6.45, 7) is 3.66. The molecule has 3 aromatic carbocycles. The van der Waals surface area contributed by atoms with Crippen LogP contribution in [0.25, 0.3) is 17.0 Å². The minimum Gasteiger partial charge on any atom is -0.351 e. The Morgan fingerprint density at radius 1 is 0.970 bits per heavy atom. The number of thiocarbonyl (C=S) groups is 1. The first kappa shape index (κ1) is 21.0. The van der Waals surface area contributed by atoms with Crippen molar-refractivity contribution >= 4 is 28.6 Å². The molecule has 0 amide bonds. The molecule has 1 unspecified atom stereocenters. The van der Waals surface area contributed by atoms with Gasteiger partial charge in [-0.25, -0.2) is 4.39 Å². The molecule has 0 bridgehead atoms. The van der Waals surface area contributed by atoms with E-state index in [1.165, 1.54) is 6.07 Å². The average molecular weight is 457 g/mol. The summed E-state index contributed by atoms with van der Waals surface area (Å²) in [6, 6.07) is 24.4. The van der Waals surface area contributed by atoms with Crippen LogP contribution in [0.3, 0.4) is 0 Å². The Balaban J connectivity index is 1.66. The number of benzene rings is 3. The third-order valence-electron chi connectivity index (χ3n) is 5.72. The van der Waals surface area contributed by atoms with Crippen molar-refractivity contribution < 1.29 is 8.91 Å². The zero-order valence-electron chi connectivity index (χ0n) is 18.1. The van der Waals surface area contributed by atoms with Gasteiger partial charge in [0.05, 0.1) is 17.3 Å². The fraction of sp³-hybridized carbons (Fsp3) is 0.115. The zero-order valence-corrected chi connectivity index (χ0v) is 18.9. The van der Waals surface area contributed by atoms with Crippen LogP contribution < -0.4 is 10.2 Å². The molecule has 0 spiro atoms. The first-order chi connectivity index (χ1) is 16.0. The van der Waals surface area contributed by atoms with Crippen molar-refractivity contribution in [1.29, 1.82) is 0 Å². The first-order valence-electron chi connectivity index (χ1n) is 10.5. The van der Waals surface area contributed by atoms with Gasteiger partial charge in [0.25, 0.3) is 5.89 Å². The van der Waals surface area contributed by atoms with E-state index in [1.54, 1.807) is 17.9 Å². The van der Waals surface area contributed by atoms with E-state index in [2.05, 4.69) is 10.5 Å². The fourth-order valence-electron chi connectivity index (χ4n) is 3.98. The second-order valence-corrected chi connectivity index (χ2v) is 8.24. The molecule has 5 rings (SSSR count). The quantitative estimate of drug-likeness (QED) is 0.377. The third-order valence-corrected chi connectivity index (χ3v) is 6.02. The average Bonchev–Trinajstić information content (AvgIpc) is 3.32. The van der Waals surface area contributed by atoms with E-state index in [-0.39, 0.29) is 11.9 Å². The highest BCUT2D eigenvalue weighted by atomic mass is 32.1. The second-order valence-electron chi connectivity index (χ2n) is 7.85. The summed E-state index contributed by atoms with van der Waals surface area (Å²) in [5, 5.41) is 8.07. The Hall–Kier alpha value is -3.84. The van der Waals surface area contributed by atoms with Crippen molar-refractivity contribution in [2.24, 2.45) is 0 Å². The summed E-state index contributed by atoms with van der Waals surface area (Å²) >= 11 is 5.72. The summed E-state index contributed by atoms with van der Waals surface area (Å²) in [6.07, 6.45) is 0. The van der Waals surface area contributed by atoms with Gasteiger partial charge in [-0.1, -0.05) is 71.9 Å². The molecule has 0 radical (unpaired) electrons. The number of rotatable bonds is 4. The predicted molar refractivity (Wildman–Crippen MR) is 131 cm³/mol. The topological polar surface area (TPSA) is 54.2 Å². The van der Waals surface area contributed by atoms with Gasteiger partial charge in [-0.3, -0.25) is 4.90 Å². The van der Waals surface area contributed by atoms with Crippen LogP contribution in [0.5, 0.6) is 0 Å². The monoisotopic (exact) mass is 456 g/mol. The number of halogens is 1. The minimum absolute atomic E-state index is 0.293. The number of anilines is 1. The van der Waals surface area contributed by atoms with E-state index in [0.717, 1.165) is 22.4 Å². The molecule has 5 nitrogen and oxygen atoms in total. The van der Waals surface area contributed by atoms with Crippen molar-refractivity contribution in [1.82, 2.24) is 15.5 Å². The van der Waals surface area contributed by atoms with Gasteiger partial charge in [0.15, 0.2) is 5.11 Å². The lowest BCUT2D eigenvalue weighted by Gasteiger charge is -2.37. The summed E-state index contributed by atoms with van der Waals surface area (Å²) < 4.78 is 20.1. The molecule has 1 aromatic heterocycles. The molecular formula is C26H21FN4OS. The molecule has 1 N–H and O–H groups in total. The van der Waals surface area contributed by atoms with E-state index >= 15 is 0 Å². The SMILES string of the molecule is CC1=C(c2nc(-c3ccccc3)no2)C(c2ccccc2)NC(=S)N1c1ccc(C)c(F)c1. The van der Waals surface area contributed by atoms with Gasteiger partial charge >= 0.3 is 0 Å². The molecule has 2 heterocycles. The van der Waals surface area contributed by atoms with Crippen LogP contribution >= 0.6 is 12.2 Å². The van der Waals surface area contributed by atoms with Gasteiger partial charge < -0.3 is 9.84 Å². The highest BCUT2D eigenvalue weighted by molar-refractivity contribution is 7.80. The third kappa shape index (κ3) is 3.91. The molecular weight excluding hydrogens is 435 g/mol. The van der Waals surface area contributed by atoms with Gasteiger partial charge in [0, 0.05) is 11.3 Å². The van der Waals surface area contributed by atoms with Gasteiger partial charge in [-0.2, -0.15) is 4.98 Å². The number of nitrogens with one attached hydrogen (secondary N) is 1. The summed E-state index contributed by atoms with van der Waals surface area (Å²) in [4.78, 5) is 6.50. The van der Waals surface area contributed by atoms with Crippen molar-refractivity contribution in [3.05, 3.63) is 107 Å². The molecule has 1 aliphatic heterocycles. The largest absolute Gasteiger partial charge is 0.351 e. The maximum absolute atomic E-state index is 14.4. The number of aryl methyl sites for hydroxylation is 1. The molecule has 33 heavy (non-hydrogen) atoms. The van der Waals surface area contributed by atoms with Crippen LogP contribution in [0, 0.1) is 12.7 Å². The van der Waals surface area contributed by atoms with Crippen molar-refractivity contribution in [3.8, 4) is 11.4 Å². The summed E-state index contributed by atoms with van der Waals surface area (Å²) in [5.74, 6) is 0.588. The van der Waals surface area contributed by atoms with Crippen molar-refractivity contribution in [3.63, 3.8) is 0 Å². The van der Waals surface area contributed by atoms with Crippen molar-refractivity contribution in [2.45, 2.75) is 19.9 Å². The highest BCUT2D eigenvalue weighted by Crippen LogP contribution is 2.39. The van der Waals surface area contributed by atoms with Gasteiger partial charge in [0.2, 0.25) is 5.82 Å². The van der Waals surface area contributed by atoms with Gasteiger partial charge in [-0.15, -0.1) is 0 Å². The van der Waals surface area contributed by atoms with Gasteiger partial charge in [0.1, 0.15) is 5.82 Å². The van der Waals surface area contributed by atoms with E-state index in [1.807, 2.05) is 73.7 Å². The number of allylic oxidation sites excluding steroid dienone is 1. The molecule has 0 saturated carbocycles. The van der Waals surface area contributed by atoms with Crippen LogP contribution in [0.2, 0.25) is 0 Å². The van der Waals surface area contributed by atoms with Crippen LogP contribution in [0.1, 0.15) is 30.0 Å². The Kier molecular flexibility index (Phi) is 5.48. The number of nitrogens with zero attached hydrogens (tertiary/aromatic N) is 3. The normalized spacial score (nSPS) is 16.2. The van der Waals surface area contributed by atoms with Crippen LogP contribution in [-0.4, -0.2) is 15.3 Å². The molecule has 0 fully saturated rings. The summed E-state index contributed by atoms with van der Waals surface area (Å²) in [5.41, 5.74) is 4.63. The maximum atomic E-state index is 14.4. The molecule has 7 heteroatoms. The lowest BCUT2D eigenvalue weighted by molar-refractivity contribution is 0.404. The maximum Gasteiger partial charge on any atom is 0.258 e. The Labute approximate surface area is 196 Å². The first-order valence-corrected chi connectivity index (χ1v) is 11.0. The van der Waals surface area contributed by atoms with Crippen LogP contribution in [0.15, 0.2) is 89.1 Å². The Bertz CT molecular complexity index is 1350. The standard InChI is InChI=1S/C26H21FN4OS/c1-16-13-14-20(15-21(16)27)31-17(2)22(23(28-26(31)33)18-9-5-3-6-10-18)25-29-24(30-32-25)19-11-7-4-8-12-19/h3-15,23H,1-2H3,(H,28,33). The lowest BCUT2D eigenvalue weighted by Crippen LogP contribution is -2.46. The van der Waals surface area contributed by atoms with Crippen LogP contribution in [-0.2, 0) is 0 Å². The van der Waals surface area contributed by atoms with Gasteiger partial charge in [-0.05, 0) is 49.3 Å². The fourth-order valence-corrected chi connectivity index (χ4v) is 4.34. The lowest BCUT2D eigenvalue weighted by atomic mass is 9.94. The molecule has 1 aliphatic rings. The van der Waals surface area contributed by atoms with E-state index in [0.29, 0.717) is 28.1 Å². The Morgan fingerprint density at radius 3 is 2.36 bits per heavy atom. The van der Waals surface area contributed by atoms with E-state index < -0.39 is 0 Å². The van der Waals surface area contributed by atoms with E-state index in [4.69, 9.17) is 21.7 Å². The van der Waals surface area contributed by atoms with E-state index in [9.17, 15) is 4.39 Å². The highest BCUT2D eigenvalue weighted by Gasteiger charge is 2.34. The van der Waals surface area contributed by atoms with Crippen molar-refractivity contribution in [2.75, 3.05) is 4.90 Å². The Morgan fingerprint density at radius 2 is 1.67 bits per heavy atom. The minimum atomic E-state index is -0.297. The molecule has 164 valence electrons. The number of hydrogen-bond donors (Lipinski definition) is 1. The molecule has 1 atom stereocenters. The predicted octanol–water partition coefficient (Wildman–Crippen LogP) is 6.05. The molecule has 0 saturated heterocycles. The second kappa shape index (κ2) is 8.60. The number of hydrogen-bond acceptors (Lipinski definition) is 4. The molecule has 4 aromatic rings. The van der Waals surface area contributed by atoms with Crippen LogP contribution in [0.4, 0.5) is 10.1 Å².